The van der Waals surface area contributed by atoms with Crippen molar-refractivity contribution in [2.45, 2.75) is 43.4 Å². The molecule has 1 unspecified atom stereocenters. The first-order chi connectivity index (χ1) is 15.3. The zero-order chi connectivity index (χ0) is 24.6. The van der Waals surface area contributed by atoms with Crippen LogP contribution in [0.1, 0.15) is 35.5 Å². The highest BCUT2D eigenvalue weighted by atomic mass is 32.2. The van der Waals surface area contributed by atoms with Gasteiger partial charge in [-0.15, -0.1) is 0 Å². The molecule has 2 heterocycles. The lowest BCUT2D eigenvalue weighted by Crippen LogP contribution is -2.45. The third kappa shape index (κ3) is 5.35. The third-order valence-electron chi connectivity index (χ3n) is 4.84. The first kappa shape index (κ1) is 24.3. The lowest BCUT2D eigenvalue weighted by molar-refractivity contribution is 0.101. The largest absolute Gasteiger partial charge is 0.488 e. The normalized spacial score (nSPS) is 17.9. The van der Waals surface area contributed by atoms with Gasteiger partial charge in [-0.05, 0) is 38.5 Å². The lowest BCUT2D eigenvalue weighted by atomic mass is 10.1. The predicted octanol–water partition coefficient (Wildman–Crippen LogP) is 0.632. The maximum Gasteiger partial charge on any atom is 0.276 e. The summed E-state index contributed by atoms with van der Waals surface area (Å²) in [7, 11) is -2.66. The van der Waals surface area contributed by atoms with Gasteiger partial charge < -0.3 is 24.8 Å². The van der Waals surface area contributed by atoms with Crippen molar-refractivity contribution in [2.75, 3.05) is 11.9 Å². The van der Waals surface area contributed by atoms with E-state index < -0.39 is 33.7 Å². The maximum absolute atomic E-state index is 13.0. The van der Waals surface area contributed by atoms with E-state index in [1.165, 1.54) is 37.7 Å². The molecule has 0 aliphatic carbocycles. The van der Waals surface area contributed by atoms with Crippen LogP contribution < -0.4 is 14.8 Å². The Morgan fingerprint density at radius 2 is 2.12 bits per heavy atom. The molecule has 4 N–H and O–H groups in total. The topological polar surface area (TPSA) is 154 Å². The van der Waals surface area contributed by atoms with Crippen molar-refractivity contribution < 1.29 is 28.2 Å². The van der Waals surface area contributed by atoms with Crippen LogP contribution in [0.5, 0.6) is 5.75 Å². The summed E-state index contributed by atoms with van der Waals surface area (Å²) in [6, 6.07) is 5.74. The molecule has 1 aromatic carbocycles. The van der Waals surface area contributed by atoms with Crippen LogP contribution in [0.4, 0.5) is 5.69 Å². The molecule has 1 aromatic heterocycles. The van der Waals surface area contributed by atoms with Gasteiger partial charge in [0.05, 0.1) is 17.7 Å². The molecule has 0 fully saturated rings. The van der Waals surface area contributed by atoms with Gasteiger partial charge in [-0.25, -0.2) is 13.1 Å². The minimum absolute atomic E-state index is 0.0489. The average Bonchev–Trinajstić information content (AvgIpc) is 3.00. The summed E-state index contributed by atoms with van der Waals surface area (Å²) in [5, 5.41) is 31.9. The van der Waals surface area contributed by atoms with Gasteiger partial charge >= 0.3 is 0 Å². The molecule has 0 radical (unpaired) electrons. The number of aromatic nitrogens is 1. The Labute approximate surface area is 191 Å². The van der Waals surface area contributed by atoms with E-state index in [0.717, 1.165) is 5.56 Å². The standard InChI is InChI=1S/C22H24N4O6S/c1-13-5-6-15(9-14(13)10-23)24-21(28)19-20-18(11-26(19)4)33(30,31)25-16(12-32-20)17(27)7-8-22(2,3)29/h5-6,9,11,16-17,25,27,29H,12H2,1-4H3,(H,24,28)/t16-,17?/m1/s1. The Morgan fingerprint density at radius 1 is 1.42 bits per heavy atom. The Balaban J connectivity index is 1.92. The van der Waals surface area contributed by atoms with Crippen LogP contribution in [0, 0.1) is 30.1 Å². The molecule has 33 heavy (non-hydrogen) atoms. The second-order valence-corrected chi connectivity index (χ2v) is 9.87. The van der Waals surface area contributed by atoms with Crippen molar-refractivity contribution in [3.8, 4) is 23.7 Å². The van der Waals surface area contributed by atoms with Crippen molar-refractivity contribution in [3.05, 3.63) is 41.2 Å². The predicted molar refractivity (Wildman–Crippen MR) is 119 cm³/mol. The summed E-state index contributed by atoms with van der Waals surface area (Å²) in [4.78, 5) is 12.7. The SMILES string of the molecule is Cc1ccc(NC(=O)c2c3c(cn2C)S(=O)(=O)N[C@@H](C(O)C#CC(C)(C)O)CO3)cc1C#N. The molecule has 11 heteroatoms. The molecule has 1 aliphatic heterocycles. The van der Waals surface area contributed by atoms with E-state index in [9.17, 15) is 28.7 Å². The number of amides is 1. The molecule has 3 rings (SSSR count). The number of benzene rings is 1. The van der Waals surface area contributed by atoms with Gasteiger partial charge in [-0.2, -0.15) is 5.26 Å². The van der Waals surface area contributed by atoms with Crippen LogP contribution in [0.25, 0.3) is 0 Å². The molecule has 0 spiro atoms. The van der Waals surface area contributed by atoms with E-state index in [0.29, 0.717) is 11.3 Å². The molecule has 0 saturated carbocycles. The number of aliphatic hydroxyl groups is 2. The van der Waals surface area contributed by atoms with E-state index in [-0.39, 0.29) is 22.9 Å². The Kier molecular flexibility index (Phi) is 6.54. The Morgan fingerprint density at radius 3 is 2.76 bits per heavy atom. The fraction of sp³-hybridized carbons (Fsp3) is 0.364. The summed E-state index contributed by atoms with van der Waals surface area (Å²) in [6.45, 7) is 4.31. The number of anilines is 1. The number of ether oxygens (including phenoxy) is 1. The fourth-order valence-electron chi connectivity index (χ4n) is 3.16. The van der Waals surface area contributed by atoms with Crippen LogP contribution in [-0.4, -0.2) is 53.5 Å². The van der Waals surface area contributed by atoms with Gasteiger partial charge in [0, 0.05) is 18.9 Å². The first-order valence-corrected chi connectivity index (χ1v) is 11.4. The van der Waals surface area contributed by atoms with Crippen LogP contribution >= 0.6 is 0 Å². The zero-order valence-corrected chi connectivity index (χ0v) is 19.3. The van der Waals surface area contributed by atoms with Gasteiger partial charge in [0.1, 0.15) is 23.2 Å². The first-order valence-electron chi connectivity index (χ1n) is 9.92. The second kappa shape index (κ2) is 8.89. The van der Waals surface area contributed by atoms with Crippen LogP contribution in [-0.2, 0) is 17.1 Å². The number of hydrogen-bond acceptors (Lipinski definition) is 7. The van der Waals surface area contributed by atoms with Gasteiger partial charge in [-0.3, -0.25) is 4.79 Å². The maximum atomic E-state index is 13.0. The molecular formula is C22H24N4O6S. The van der Waals surface area contributed by atoms with Crippen molar-refractivity contribution in [1.29, 1.82) is 5.26 Å². The van der Waals surface area contributed by atoms with Crippen molar-refractivity contribution in [2.24, 2.45) is 7.05 Å². The quantitative estimate of drug-likeness (QED) is 0.478. The van der Waals surface area contributed by atoms with Gasteiger partial charge in [-0.1, -0.05) is 17.9 Å². The number of nitrogens with one attached hydrogen (secondary N) is 2. The lowest BCUT2D eigenvalue weighted by Gasteiger charge is -2.18. The number of nitrogens with zero attached hydrogens (tertiary/aromatic N) is 2. The number of carbonyl (C=O) groups excluding carboxylic acids is 1. The highest BCUT2D eigenvalue weighted by Gasteiger charge is 2.36. The van der Waals surface area contributed by atoms with E-state index in [4.69, 9.17) is 4.74 Å². The monoisotopic (exact) mass is 472 g/mol. The highest BCUT2D eigenvalue weighted by Crippen LogP contribution is 2.33. The van der Waals surface area contributed by atoms with Gasteiger partial charge in [0.15, 0.2) is 11.4 Å². The summed E-state index contributed by atoms with van der Waals surface area (Å²) in [6.07, 6.45) is -0.224. The summed E-state index contributed by atoms with van der Waals surface area (Å²) < 4.78 is 35.1. The molecule has 10 nitrogen and oxygen atoms in total. The number of aryl methyl sites for hydroxylation is 2. The summed E-state index contributed by atoms with van der Waals surface area (Å²) >= 11 is 0. The Bertz CT molecular complexity index is 1310. The van der Waals surface area contributed by atoms with Crippen LogP contribution in [0.3, 0.4) is 0 Å². The number of sulfonamides is 1. The second-order valence-electron chi connectivity index (χ2n) is 8.19. The minimum Gasteiger partial charge on any atom is -0.488 e. The number of nitriles is 1. The van der Waals surface area contributed by atoms with Gasteiger partial charge in [0.25, 0.3) is 5.91 Å². The number of hydrogen-bond donors (Lipinski definition) is 4. The molecule has 2 aromatic rings. The smallest absolute Gasteiger partial charge is 0.276 e. The number of rotatable bonds is 3. The number of fused-ring (bicyclic) bond motifs is 1. The molecule has 1 amide bonds. The van der Waals surface area contributed by atoms with Crippen molar-refractivity contribution in [3.63, 3.8) is 0 Å². The molecule has 0 bridgehead atoms. The average molecular weight is 473 g/mol. The number of carbonyl (C=O) groups is 1. The van der Waals surface area contributed by atoms with Gasteiger partial charge in [0.2, 0.25) is 10.0 Å². The molecule has 0 saturated heterocycles. The number of aliphatic hydroxyl groups excluding tert-OH is 1. The van der Waals surface area contributed by atoms with Crippen molar-refractivity contribution >= 4 is 21.6 Å². The third-order valence-corrected chi connectivity index (χ3v) is 6.33. The van der Waals surface area contributed by atoms with E-state index in [2.05, 4.69) is 21.9 Å². The Hall–Kier alpha value is -3.35. The molecule has 2 atom stereocenters. The van der Waals surface area contributed by atoms with Crippen molar-refractivity contribution in [1.82, 2.24) is 9.29 Å². The highest BCUT2D eigenvalue weighted by molar-refractivity contribution is 7.89. The molecule has 1 aliphatic rings. The summed E-state index contributed by atoms with van der Waals surface area (Å²) in [5.74, 6) is 4.04. The van der Waals surface area contributed by atoms with E-state index >= 15 is 0 Å². The van der Waals surface area contributed by atoms with Crippen LogP contribution in [0.2, 0.25) is 0 Å². The van der Waals surface area contributed by atoms with Crippen LogP contribution in [0.15, 0.2) is 29.3 Å². The summed E-state index contributed by atoms with van der Waals surface area (Å²) in [5.41, 5.74) is 0.0863. The fourth-order valence-corrected chi connectivity index (χ4v) is 4.58. The van der Waals surface area contributed by atoms with E-state index in [1.54, 1.807) is 19.1 Å². The minimum atomic E-state index is -4.16. The van der Waals surface area contributed by atoms with E-state index in [1.807, 2.05) is 6.07 Å². The zero-order valence-electron chi connectivity index (χ0n) is 18.5. The molecule has 174 valence electrons. The molecular weight excluding hydrogens is 448 g/mol.